The zero-order valence-corrected chi connectivity index (χ0v) is 15.1. The number of phenolic OH excluding ortho intramolecular Hbond substituents is 2. The first-order valence-corrected chi connectivity index (χ1v) is 9.96. The van der Waals surface area contributed by atoms with E-state index in [1.54, 1.807) is 22.7 Å². The van der Waals surface area contributed by atoms with Crippen molar-refractivity contribution in [2.24, 2.45) is 0 Å². The number of rotatable bonds is 0. The first kappa shape index (κ1) is 14.4. The fourth-order valence-corrected chi connectivity index (χ4v) is 6.88. The van der Waals surface area contributed by atoms with Crippen LogP contribution >= 0.6 is 22.7 Å². The van der Waals surface area contributed by atoms with Crippen molar-refractivity contribution >= 4 is 73.8 Å². The summed E-state index contributed by atoms with van der Waals surface area (Å²) in [6, 6.07) is 19.9. The van der Waals surface area contributed by atoms with Gasteiger partial charge in [0.05, 0.1) is 20.2 Å². The van der Waals surface area contributed by atoms with E-state index in [0.717, 1.165) is 51.1 Å². The molecule has 2 N–H and O–H groups in total. The third kappa shape index (κ3) is 1.70. The van der Waals surface area contributed by atoms with Crippen LogP contribution in [-0.2, 0) is 0 Å². The average molecular weight is 372 g/mol. The predicted molar refractivity (Wildman–Crippen MR) is 113 cm³/mol. The first-order valence-electron chi connectivity index (χ1n) is 8.32. The van der Waals surface area contributed by atoms with E-state index < -0.39 is 0 Å². The smallest absolute Gasteiger partial charge is 0.126 e. The van der Waals surface area contributed by atoms with E-state index in [2.05, 4.69) is 12.1 Å². The molecular formula is C22H12O2S2. The van der Waals surface area contributed by atoms with Crippen LogP contribution in [0.25, 0.3) is 51.1 Å². The maximum Gasteiger partial charge on any atom is 0.126 e. The highest BCUT2D eigenvalue weighted by Crippen LogP contribution is 2.52. The number of benzene rings is 4. The van der Waals surface area contributed by atoms with Crippen molar-refractivity contribution in [1.82, 2.24) is 0 Å². The van der Waals surface area contributed by atoms with E-state index in [1.165, 1.54) is 0 Å². The number of phenols is 2. The lowest BCUT2D eigenvalue weighted by atomic mass is 10.1. The summed E-state index contributed by atoms with van der Waals surface area (Å²) >= 11 is 3.31. The number of hydrogen-bond donors (Lipinski definition) is 2. The lowest BCUT2D eigenvalue weighted by Gasteiger charge is -2.03. The van der Waals surface area contributed by atoms with Gasteiger partial charge in [0.15, 0.2) is 0 Å². The van der Waals surface area contributed by atoms with Gasteiger partial charge in [-0.1, -0.05) is 48.5 Å². The van der Waals surface area contributed by atoms with Gasteiger partial charge in [-0.3, -0.25) is 0 Å². The van der Waals surface area contributed by atoms with Gasteiger partial charge in [-0.05, 0) is 33.7 Å². The molecule has 4 heteroatoms. The maximum atomic E-state index is 10.7. The van der Waals surface area contributed by atoms with Crippen molar-refractivity contribution in [3.63, 3.8) is 0 Å². The fourth-order valence-electron chi connectivity index (χ4n) is 3.88. The molecule has 0 aliphatic rings. The molecule has 124 valence electrons. The molecule has 0 saturated carbocycles. The highest BCUT2D eigenvalue weighted by molar-refractivity contribution is 7.37. The molecule has 0 fully saturated rings. The Hall–Kier alpha value is -2.82. The molecule has 0 amide bonds. The van der Waals surface area contributed by atoms with Gasteiger partial charge in [-0.2, -0.15) is 0 Å². The summed E-state index contributed by atoms with van der Waals surface area (Å²) in [4.78, 5) is 0. The van der Waals surface area contributed by atoms with Gasteiger partial charge in [-0.15, -0.1) is 22.7 Å². The predicted octanol–water partition coefficient (Wildman–Crippen LogP) is 6.99. The quantitative estimate of drug-likeness (QED) is 0.302. The molecule has 26 heavy (non-hydrogen) atoms. The molecule has 2 heterocycles. The van der Waals surface area contributed by atoms with Gasteiger partial charge in [-0.25, -0.2) is 0 Å². The van der Waals surface area contributed by atoms with Crippen molar-refractivity contribution in [2.45, 2.75) is 0 Å². The third-order valence-corrected chi connectivity index (χ3v) is 7.64. The largest absolute Gasteiger partial charge is 0.507 e. The van der Waals surface area contributed by atoms with Crippen LogP contribution in [0.1, 0.15) is 0 Å². The highest BCUT2D eigenvalue weighted by atomic mass is 32.1. The van der Waals surface area contributed by atoms with Gasteiger partial charge in [0.25, 0.3) is 0 Å². The van der Waals surface area contributed by atoms with Gasteiger partial charge >= 0.3 is 0 Å². The summed E-state index contributed by atoms with van der Waals surface area (Å²) in [5, 5.41) is 27.6. The van der Waals surface area contributed by atoms with Crippen LogP contribution in [0.3, 0.4) is 0 Å². The Morgan fingerprint density at radius 2 is 0.962 bits per heavy atom. The minimum atomic E-state index is 0.306. The number of aromatic hydroxyl groups is 2. The van der Waals surface area contributed by atoms with E-state index in [0.29, 0.717) is 11.5 Å². The molecule has 2 nitrogen and oxygen atoms in total. The normalized spacial score (nSPS) is 12.2. The first-order chi connectivity index (χ1) is 12.7. The van der Waals surface area contributed by atoms with E-state index in [9.17, 15) is 10.2 Å². The van der Waals surface area contributed by atoms with Crippen molar-refractivity contribution in [1.29, 1.82) is 0 Å². The molecule has 0 unspecified atom stereocenters. The Kier molecular flexibility index (Phi) is 2.69. The van der Waals surface area contributed by atoms with E-state index >= 15 is 0 Å². The minimum Gasteiger partial charge on any atom is -0.507 e. The lowest BCUT2D eigenvalue weighted by molar-refractivity contribution is 0.482. The summed E-state index contributed by atoms with van der Waals surface area (Å²) in [5.74, 6) is 0.612. The van der Waals surface area contributed by atoms with Crippen LogP contribution in [0.5, 0.6) is 11.5 Å². The van der Waals surface area contributed by atoms with Crippen LogP contribution in [0.4, 0.5) is 0 Å². The average Bonchev–Trinajstić information content (AvgIpc) is 3.19. The summed E-state index contributed by atoms with van der Waals surface area (Å²) < 4.78 is 4.26. The van der Waals surface area contributed by atoms with Gasteiger partial charge in [0, 0.05) is 9.40 Å². The Balaban J connectivity index is 1.91. The van der Waals surface area contributed by atoms with Crippen LogP contribution in [0.2, 0.25) is 0 Å². The van der Waals surface area contributed by atoms with Crippen molar-refractivity contribution < 1.29 is 10.2 Å². The third-order valence-electron chi connectivity index (χ3n) is 5.03. The maximum absolute atomic E-state index is 10.7. The van der Waals surface area contributed by atoms with Crippen LogP contribution in [0, 0.1) is 0 Å². The molecular weight excluding hydrogens is 360 g/mol. The Labute approximate surface area is 156 Å². The van der Waals surface area contributed by atoms with Gasteiger partial charge in [0.1, 0.15) is 11.5 Å². The Morgan fingerprint density at radius 3 is 1.42 bits per heavy atom. The lowest BCUT2D eigenvalue weighted by Crippen LogP contribution is -1.74. The second-order valence-electron chi connectivity index (χ2n) is 6.50. The molecule has 0 saturated heterocycles. The summed E-state index contributed by atoms with van der Waals surface area (Å²) in [6.07, 6.45) is 0. The second-order valence-corrected chi connectivity index (χ2v) is 8.55. The number of thiophene rings is 2. The van der Waals surface area contributed by atoms with E-state index in [-0.39, 0.29) is 0 Å². The van der Waals surface area contributed by atoms with E-state index in [1.807, 2.05) is 48.5 Å². The SMILES string of the molecule is Oc1cc2ccccc2c2sc3c(sc4c5ccccc5cc(O)c43)c12. The van der Waals surface area contributed by atoms with Gasteiger partial charge < -0.3 is 10.2 Å². The topological polar surface area (TPSA) is 40.5 Å². The second kappa shape index (κ2) is 4.87. The number of hydrogen-bond acceptors (Lipinski definition) is 4. The Morgan fingerprint density at radius 1 is 0.538 bits per heavy atom. The summed E-state index contributed by atoms with van der Waals surface area (Å²) in [5.41, 5.74) is 0. The molecule has 0 spiro atoms. The van der Waals surface area contributed by atoms with Gasteiger partial charge in [0.2, 0.25) is 0 Å². The van der Waals surface area contributed by atoms with Crippen LogP contribution in [0.15, 0.2) is 60.7 Å². The van der Waals surface area contributed by atoms with Crippen molar-refractivity contribution in [2.75, 3.05) is 0 Å². The zero-order valence-electron chi connectivity index (χ0n) is 13.5. The fraction of sp³-hybridized carbons (Fsp3) is 0. The molecule has 0 aliphatic carbocycles. The molecule has 2 aromatic heterocycles. The summed E-state index contributed by atoms with van der Waals surface area (Å²) in [7, 11) is 0. The molecule has 0 bridgehead atoms. The standard InChI is InChI=1S/C22H12O2S2/c23-15-9-11-5-1-3-7-13(11)19-17(15)21-22(25-19)18-16(24)10-12-6-2-4-8-14(12)20(18)26-21/h1-10,23-24H. The number of fused-ring (bicyclic) bond motifs is 9. The summed E-state index contributed by atoms with van der Waals surface area (Å²) in [6.45, 7) is 0. The van der Waals surface area contributed by atoms with Crippen molar-refractivity contribution in [3.8, 4) is 11.5 Å². The molecule has 6 aromatic rings. The minimum absolute atomic E-state index is 0.306. The molecule has 4 aromatic carbocycles. The Bertz CT molecular complexity index is 1390. The zero-order chi connectivity index (χ0) is 17.4. The molecule has 0 radical (unpaired) electrons. The van der Waals surface area contributed by atoms with Crippen LogP contribution < -0.4 is 0 Å². The molecule has 0 atom stereocenters. The highest BCUT2D eigenvalue weighted by Gasteiger charge is 2.20. The molecule has 6 rings (SSSR count). The van der Waals surface area contributed by atoms with Crippen LogP contribution in [-0.4, -0.2) is 10.2 Å². The van der Waals surface area contributed by atoms with Crippen molar-refractivity contribution in [3.05, 3.63) is 60.7 Å². The monoisotopic (exact) mass is 372 g/mol. The molecule has 0 aliphatic heterocycles. The van der Waals surface area contributed by atoms with E-state index in [4.69, 9.17) is 0 Å².